The van der Waals surface area contributed by atoms with Gasteiger partial charge in [-0.15, -0.1) is 0 Å². The first-order valence-corrected chi connectivity index (χ1v) is 8.55. The van der Waals surface area contributed by atoms with Gasteiger partial charge >= 0.3 is 0 Å². The highest BCUT2D eigenvalue weighted by molar-refractivity contribution is 6.49. The zero-order valence-corrected chi connectivity index (χ0v) is 14.7. The number of nitrogens with zero attached hydrogens (tertiary/aromatic N) is 1. The fourth-order valence-corrected chi connectivity index (χ4v) is 3.10. The lowest BCUT2D eigenvalue weighted by atomic mass is 9.92. The van der Waals surface area contributed by atoms with Gasteiger partial charge in [0, 0.05) is 37.0 Å². The minimum Gasteiger partial charge on any atom is -0.380 e. The quantitative estimate of drug-likeness (QED) is 0.805. The van der Waals surface area contributed by atoms with Gasteiger partial charge in [0.15, 0.2) is 0 Å². The van der Waals surface area contributed by atoms with Crippen LogP contribution >= 0.6 is 11.6 Å². The summed E-state index contributed by atoms with van der Waals surface area (Å²) in [4.78, 5) is 27.0. The lowest BCUT2D eigenvalue weighted by Gasteiger charge is -2.21. The number of carbonyl (C=O) groups excluding carboxylic acids is 2. The smallest absolute Gasteiger partial charge is 0.211 e. The fraction of sp³-hybridized carbons (Fsp3) is 0.200. The lowest BCUT2D eigenvalue weighted by molar-refractivity contribution is 0.0974. The Balaban J connectivity index is 1.61. The molecule has 0 aromatic heterocycles. The summed E-state index contributed by atoms with van der Waals surface area (Å²) in [6.07, 6.45) is 0.808. The molecule has 25 heavy (non-hydrogen) atoms. The van der Waals surface area contributed by atoms with E-state index in [4.69, 9.17) is 11.6 Å². The van der Waals surface area contributed by atoms with Crippen molar-refractivity contribution in [2.45, 2.75) is 6.42 Å². The van der Waals surface area contributed by atoms with Crippen LogP contribution in [0.25, 0.3) is 0 Å². The lowest BCUT2D eigenvalue weighted by Crippen LogP contribution is -2.31. The third kappa shape index (κ3) is 3.59. The van der Waals surface area contributed by atoms with Crippen molar-refractivity contribution in [2.24, 2.45) is 0 Å². The first-order valence-electron chi connectivity index (χ1n) is 8.18. The van der Waals surface area contributed by atoms with Crippen LogP contribution in [-0.2, 0) is 0 Å². The normalized spacial score (nSPS) is 13.7. The van der Waals surface area contributed by atoms with Crippen molar-refractivity contribution in [2.75, 3.05) is 25.0 Å². The standard InChI is InChI=1S/C20H19ClN2O2/c1-23(14-8-3-2-4-9-14)13-7-12-22-18-17(21)19(24)15-10-5-6-11-16(15)20(18)25/h2-6,8-11,22H,7,12-13H2,1H3. The molecule has 4 nitrogen and oxygen atoms in total. The van der Waals surface area contributed by atoms with Crippen molar-refractivity contribution in [3.8, 4) is 0 Å². The minimum atomic E-state index is -0.305. The zero-order valence-electron chi connectivity index (χ0n) is 14.0. The van der Waals surface area contributed by atoms with E-state index >= 15 is 0 Å². The molecule has 1 aliphatic rings. The van der Waals surface area contributed by atoms with Crippen LogP contribution < -0.4 is 10.2 Å². The molecule has 0 unspecified atom stereocenters. The summed E-state index contributed by atoms with van der Waals surface area (Å²) in [6.45, 7) is 1.38. The van der Waals surface area contributed by atoms with Crippen molar-refractivity contribution in [1.82, 2.24) is 5.32 Å². The molecule has 1 aliphatic carbocycles. The Morgan fingerprint density at radius 3 is 2.20 bits per heavy atom. The van der Waals surface area contributed by atoms with E-state index < -0.39 is 0 Å². The first kappa shape index (κ1) is 17.2. The van der Waals surface area contributed by atoms with Crippen molar-refractivity contribution in [1.29, 1.82) is 0 Å². The number of Topliss-reactive ketones (excluding diaryl/α,β-unsaturated/α-hetero) is 2. The Morgan fingerprint density at radius 1 is 0.920 bits per heavy atom. The predicted octanol–water partition coefficient (Wildman–Crippen LogP) is 3.63. The Morgan fingerprint density at radius 2 is 1.52 bits per heavy atom. The number of ketones is 2. The van der Waals surface area contributed by atoms with Gasteiger partial charge in [0.05, 0.1) is 0 Å². The second kappa shape index (κ2) is 7.53. The SMILES string of the molecule is CN(CCCNC1=C(Cl)C(=O)c2ccccc2C1=O)c1ccccc1. The van der Waals surface area contributed by atoms with Crippen LogP contribution in [0.3, 0.4) is 0 Å². The van der Waals surface area contributed by atoms with E-state index in [2.05, 4.69) is 10.2 Å². The highest BCUT2D eigenvalue weighted by atomic mass is 35.5. The number of carbonyl (C=O) groups is 2. The van der Waals surface area contributed by atoms with Gasteiger partial charge < -0.3 is 10.2 Å². The highest BCUT2D eigenvalue weighted by Crippen LogP contribution is 2.27. The van der Waals surface area contributed by atoms with E-state index in [-0.39, 0.29) is 22.3 Å². The summed E-state index contributed by atoms with van der Waals surface area (Å²) in [6, 6.07) is 16.8. The highest BCUT2D eigenvalue weighted by Gasteiger charge is 2.30. The number of anilines is 1. The van der Waals surface area contributed by atoms with Gasteiger partial charge in [-0.05, 0) is 18.6 Å². The number of nitrogens with one attached hydrogen (secondary N) is 1. The molecule has 2 aromatic rings. The van der Waals surface area contributed by atoms with Gasteiger partial charge in [0.2, 0.25) is 11.6 Å². The number of fused-ring (bicyclic) bond motifs is 1. The van der Waals surface area contributed by atoms with Crippen molar-refractivity contribution in [3.63, 3.8) is 0 Å². The molecule has 1 N–H and O–H groups in total. The third-order valence-electron chi connectivity index (χ3n) is 4.23. The molecule has 0 atom stereocenters. The maximum atomic E-state index is 12.6. The van der Waals surface area contributed by atoms with Gasteiger partial charge in [-0.25, -0.2) is 0 Å². The van der Waals surface area contributed by atoms with Crippen molar-refractivity contribution < 1.29 is 9.59 Å². The van der Waals surface area contributed by atoms with Crippen LogP contribution in [0.15, 0.2) is 65.3 Å². The van der Waals surface area contributed by atoms with E-state index in [1.807, 2.05) is 37.4 Å². The third-order valence-corrected chi connectivity index (χ3v) is 4.59. The predicted molar refractivity (Wildman–Crippen MR) is 100 cm³/mol. The van der Waals surface area contributed by atoms with Crippen LogP contribution in [0, 0.1) is 0 Å². The Hall–Kier alpha value is -2.59. The van der Waals surface area contributed by atoms with E-state index in [0.717, 1.165) is 18.7 Å². The number of halogens is 1. The van der Waals surface area contributed by atoms with Gasteiger partial charge in [0.1, 0.15) is 10.7 Å². The van der Waals surface area contributed by atoms with Crippen LogP contribution in [0.5, 0.6) is 0 Å². The second-order valence-electron chi connectivity index (χ2n) is 5.93. The average Bonchev–Trinajstić information content (AvgIpc) is 2.66. The number of rotatable bonds is 6. The molecule has 0 aliphatic heterocycles. The Labute approximate surface area is 152 Å². The van der Waals surface area contributed by atoms with E-state index in [1.165, 1.54) is 0 Å². The number of para-hydroxylation sites is 1. The maximum absolute atomic E-state index is 12.6. The summed E-state index contributed by atoms with van der Waals surface area (Å²) in [5.41, 5.74) is 2.11. The molecule has 128 valence electrons. The number of hydrogen-bond donors (Lipinski definition) is 1. The van der Waals surface area contributed by atoms with E-state index in [9.17, 15) is 9.59 Å². The molecule has 0 amide bonds. The summed E-state index contributed by atoms with van der Waals surface area (Å²) in [5, 5.41) is 3.02. The molecule has 0 saturated heterocycles. The molecule has 0 radical (unpaired) electrons. The molecular formula is C20H19ClN2O2. The molecule has 0 heterocycles. The molecule has 0 spiro atoms. The van der Waals surface area contributed by atoms with Crippen LogP contribution in [-0.4, -0.2) is 31.7 Å². The molecule has 0 bridgehead atoms. The molecule has 3 rings (SSSR count). The number of allylic oxidation sites excluding steroid dienone is 2. The molecule has 0 fully saturated rings. The summed E-state index contributed by atoms with van der Waals surface area (Å²) in [7, 11) is 2.02. The summed E-state index contributed by atoms with van der Waals surface area (Å²) in [5.74, 6) is -0.530. The molecule has 5 heteroatoms. The molecular weight excluding hydrogens is 336 g/mol. The summed E-state index contributed by atoms with van der Waals surface area (Å²) < 4.78 is 0. The number of hydrogen-bond acceptors (Lipinski definition) is 4. The summed E-state index contributed by atoms with van der Waals surface area (Å²) >= 11 is 6.13. The van der Waals surface area contributed by atoms with Crippen LogP contribution in [0.4, 0.5) is 5.69 Å². The van der Waals surface area contributed by atoms with Gasteiger partial charge in [-0.2, -0.15) is 0 Å². The maximum Gasteiger partial charge on any atom is 0.211 e. The second-order valence-corrected chi connectivity index (χ2v) is 6.31. The first-order chi connectivity index (χ1) is 12.1. The van der Waals surface area contributed by atoms with Gasteiger partial charge in [0.25, 0.3) is 0 Å². The largest absolute Gasteiger partial charge is 0.380 e. The number of benzene rings is 2. The Kier molecular flexibility index (Phi) is 5.19. The topological polar surface area (TPSA) is 49.4 Å². The average molecular weight is 355 g/mol. The van der Waals surface area contributed by atoms with Crippen molar-refractivity contribution >= 4 is 28.9 Å². The molecule has 2 aromatic carbocycles. The monoisotopic (exact) mass is 354 g/mol. The van der Waals surface area contributed by atoms with Crippen LogP contribution in [0.2, 0.25) is 0 Å². The molecule has 0 saturated carbocycles. The minimum absolute atomic E-state index is 0.0277. The van der Waals surface area contributed by atoms with Crippen molar-refractivity contribution in [3.05, 3.63) is 76.5 Å². The van der Waals surface area contributed by atoms with Gasteiger partial charge in [-0.1, -0.05) is 54.1 Å². The van der Waals surface area contributed by atoms with Crippen LogP contribution in [0.1, 0.15) is 27.1 Å². The van der Waals surface area contributed by atoms with Gasteiger partial charge in [-0.3, -0.25) is 9.59 Å². The zero-order chi connectivity index (χ0) is 17.8. The van der Waals surface area contributed by atoms with E-state index in [1.54, 1.807) is 24.3 Å². The van der Waals surface area contributed by atoms with E-state index in [0.29, 0.717) is 17.7 Å². The Bertz CT molecular complexity index is 831. The fourth-order valence-electron chi connectivity index (χ4n) is 2.84.